The van der Waals surface area contributed by atoms with Gasteiger partial charge in [0.2, 0.25) is 0 Å². The van der Waals surface area contributed by atoms with Crippen LogP contribution in [0.2, 0.25) is 5.02 Å². The number of nitriles is 1. The van der Waals surface area contributed by atoms with Crippen molar-refractivity contribution in [1.29, 1.82) is 5.26 Å². The van der Waals surface area contributed by atoms with E-state index in [9.17, 15) is 27.6 Å². The van der Waals surface area contributed by atoms with Gasteiger partial charge in [-0.3, -0.25) is 14.7 Å². The number of amides is 1. The molecule has 2 aromatic heterocycles. The summed E-state index contributed by atoms with van der Waals surface area (Å²) >= 11 is 6.31. The average Bonchev–Trinajstić information content (AvgIpc) is 3.31. The van der Waals surface area contributed by atoms with E-state index < -0.39 is 54.4 Å². The fourth-order valence-electron chi connectivity index (χ4n) is 6.19. The van der Waals surface area contributed by atoms with Crippen molar-refractivity contribution < 1.29 is 31.5 Å². The van der Waals surface area contributed by atoms with Crippen molar-refractivity contribution >= 4 is 45.0 Å². The van der Waals surface area contributed by atoms with Gasteiger partial charge in [0.15, 0.2) is 11.6 Å². The van der Waals surface area contributed by atoms with Crippen LogP contribution in [0.1, 0.15) is 6.42 Å². The van der Waals surface area contributed by atoms with Crippen LogP contribution in [0, 0.1) is 28.9 Å². The Morgan fingerprint density at radius 1 is 1.19 bits per heavy atom. The monoisotopic (exact) mass is 671 g/mol. The minimum Gasteiger partial charge on any atom is -0.463 e. The van der Waals surface area contributed by atoms with Crippen molar-refractivity contribution in [2.75, 3.05) is 51.3 Å². The molecule has 0 spiro atoms. The first-order valence-electron chi connectivity index (χ1n) is 14.6. The summed E-state index contributed by atoms with van der Waals surface area (Å²) in [5, 5.41) is 10.1. The van der Waals surface area contributed by atoms with E-state index in [0.717, 1.165) is 0 Å². The van der Waals surface area contributed by atoms with Gasteiger partial charge in [0, 0.05) is 43.3 Å². The first-order chi connectivity index (χ1) is 22.4. The maximum atomic E-state index is 16.6. The third kappa shape index (κ3) is 6.01. The fourth-order valence-corrected chi connectivity index (χ4v) is 6.46. The number of hydrogen-bond acceptors (Lipinski definition) is 8. The Labute approximate surface area is 270 Å². The van der Waals surface area contributed by atoms with Crippen molar-refractivity contribution in [3.05, 3.63) is 65.6 Å². The minimum absolute atomic E-state index is 0.00873. The molecule has 2 saturated heterocycles. The van der Waals surface area contributed by atoms with Crippen molar-refractivity contribution in [3.8, 4) is 23.3 Å². The van der Waals surface area contributed by atoms with Crippen LogP contribution in [0.4, 0.5) is 27.8 Å². The van der Waals surface area contributed by atoms with E-state index in [1.807, 2.05) is 6.07 Å². The summed E-state index contributed by atoms with van der Waals surface area (Å²) in [5.41, 5.74) is -0.271. The highest BCUT2D eigenvalue weighted by molar-refractivity contribution is 6.36. The Morgan fingerprint density at radius 2 is 1.98 bits per heavy atom. The maximum Gasteiger partial charge on any atom is 0.319 e. The van der Waals surface area contributed by atoms with Crippen LogP contribution in [-0.4, -0.2) is 89.0 Å². The van der Waals surface area contributed by atoms with Gasteiger partial charge in [0.25, 0.3) is 11.8 Å². The number of piperazine rings is 1. The second kappa shape index (κ2) is 12.5. The molecule has 0 radical (unpaired) electrons. The molecule has 1 unspecified atom stereocenters. The molecule has 47 heavy (non-hydrogen) atoms. The van der Waals surface area contributed by atoms with E-state index in [2.05, 4.69) is 21.5 Å². The zero-order valence-corrected chi connectivity index (χ0v) is 25.7. The molecule has 15 heteroatoms. The molecule has 0 N–H and O–H groups in total. The lowest BCUT2D eigenvalue weighted by Crippen LogP contribution is -2.55. The van der Waals surface area contributed by atoms with Crippen LogP contribution in [0.3, 0.4) is 0 Å². The van der Waals surface area contributed by atoms with E-state index in [4.69, 9.17) is 16.3 Å². The number of rotatable bonds is 7. The molecule has 2 aliphatic rings. The average molecular weight is 672 g/mol. The number of alkyl halides is 2. The normalized spacial score (nSPS) is 19.7. The molecule has 2 atom stereocenters. The van der Waals surface area contributed by atoms with Crippen molar-refractivity contribution in [3.63, 3.8) is 0 Å². The molecule has 2 aliphatic heterocycles. The SMILES string of the molecule is C=C(F)C(=O)N1CCN(c2nc(OCC3CN(C)CC3(F)F)nc3c(F)c(-c4cccc5ccc(F)c(Cl)c45)ncc23)C[C@@H]1CC#N. The Balaban J connectivity index is 1.46. The number of fused-ring (bicyclic) bond motifs is 2. The Bertz CT molecular complexity index is 1960. The maximum absolute atomic E-state index is 16.6. The molecule has 4 aromatic rings. The number of aromatic nitrogens is 3. The van der Waals surface area contributed by atoms with E-state index in [-0.39, 0.29) is 77.0 Å². The van der Waals surface area contributed by atoms with Crippen LogP contribution >= 0.6 is 11.6 Å². The van der Waals surface area contributed by atoms with E-state index in [0.29, 0.717) is 5.39 Å². The molecule has 2 fully saturated rings. The molecule has 0 aliphatic carbocycles. The van der Waals surface area contributed by atoms with Gasteiger partial charge in [-0.25, -0.2) is 22.0 Å². The zero-order valence-electron chi connectivity index (χ0n) is 25.0. The molecule has 6 rings (SSSR count). The van der Waals surface area contributed by atoms with Gasteiger partial charge in [-0.1, -0.05) is 42.4 Å². The summed E-state index contributed by atoms with van der Waals surface area (Å²) in [7, 11) is 1.56. The standard InChI is InChI=1S/C32H27ClF5N7O2/c1-17(34)30(46)45-11-10-44(14-20(45)8-9-39)29-22-12-40-27(21-5-3-4-18-6-7-23(35)25(33)24(18)21)26(36)28(22)41-31(42-29)47-15-19-13-43(2)16-32(19,37)38/h3-7,12,19-20H,1,8,10-11,13-16H2,2H3/t19?,20-/m0/s1. The van der Waals surface area contributed by atoms with Gasteiger partial charge in [0.05, 0.1) is 41.4 Å². The van der Waals surface area contributed by atoms with Crippen molar-refractivity contribution in [2.24, 2.45) is 5.92 Å². The van der Waals surface area contributed by atoms with Gasteiger partial charge in [-0.05, 0) is 18.5 Å². The summed E-state index contributed by atoms with van der Waals surface area (Å²) in [5.74, 6) is -7.86. The smallest absolute Gasteiger partial charge is 0.319 e. The predicted molar refractivity (Wildman–Crippen MR) is 165 cm³/mol. The minimum atomic E-state index is -3.03. The summed E-state index contributed by atoms with van der Waals surface area (Å²) in [6, 6.07) is 8.38. The number of carbonyl (C=O) groups is 1. The molecule has 4 heterocycles. The predicted octanol–water partition coefficient (Wildman–Crippen LogP) is 5.77. The highest BCUT2D eigenvalue weighted by atomic mass is 35.5. The van der Waals surface area contributed by atoms with Crippen LogP contribution < -0.4 is 9.64 Å². The molecule has 244 valence electrons. The van der Waals surface area contributed by atoms with E-state index in [1.165, 1.54) is 34.2 Å². The second-order valence-electron chi connectivity index (χ2n) is 11.6. The quantitative estimate of drug-likeness (QED) is 0.181. The molecule has 0 bridgehead atoms. The lowest BCUT2D eigenvalue weighted by atomic mass is 10.0. The zero-order chi connectivity index (χ0) is 33.6. The summed E-state index contributed by atoms with van der Waals surface area (Å²) < 4.78 is 79.7. The first-order valence-corrected chi connectivity index (χ1v) is 15.0. The third-order valence-corrected chi connectivity index (χ3v) is 8.83. The number of carbonyl (C=O) groups excluding carboxylic acids is 1. The number of anilines is 1. The van der Waals surface area contributed by atoms with Crippen molar-refractivity contribution in [2.45, 2.75) is 18.4 Å². The van der Waals surface area contributed by atoms with E-state index in [1.54, 1.807) is 24.1 Å². The van der Waals surface area contributed by atoms with Gasteiger partial charge in [0.1, 0.15) is 29.5 Å². The van der Waals surface area contributed by atoms with Crippen LogP contribution in [-0.2, 0) is 4.79 Å². The van der Waals surface area contributed by atoms with Crippen LogP contribution in [0.25, 0.3) is 32.9 Å². The van der Waals surface area contributed by atoms with Gasteiger partial charge in [-0.15, -0.1) is 0 Å². The Hall–Kier alpha value is -4.61. The van der Waals surface area contributed by atoms with Gasteiger partial charge < -0.3 is 14.5 Å². The molecular formula is C32H27ClF5N7O2. The second-order valence-corrected chi connectivity index (χ2v) is 12.0. The Kier molecular flexibility index (Phi) is 8.62. The number of ether oxygens (including phenoxy) is 1. The molecule has 9 nitrogen and oxygen atoms in total. The largest absolute Gasteiger partial charge is 0.463 e. The number of pyridine rings is 1. The number of nitrogens with zero attached hydrogens (tertiary/aromatic N) is 7. The molecule has 0 saturated carbocycles. The highest BCUT2D eigenvalue weighted by Gasteiger charge is 2.47. The molecule has 1 amide bonds. The van der Waals surface area contributed by atoms with Crippen molar-refractivity contribution in [1.82, 2.24) is 24.8 Å². The lowest BCUT2D eigenvalue weighted by Gasteiger charge is -2.41. The summed E-state index contributed by atoms with van der Waals surface area (Å²) in [6.07, 6.45) is 1.17. The van der Waals surface area contributed by atoms with Crippen LogP contribution in [0.15, 0.2) is 48.9 Å². The first kappa shape index (κ1) is 32.3. The number of benzene rings is 2. The third-order valence-electron chi connectivity index (χ3n) is 8.46. The van der Waals surface area contributed by atoms with E-state index >= 15 is 4.39 Å². The number of likely N-dealkylation sites (tertiary alicyclic amines) is 1. The molecular weight excluding hydrogens is 645 g/mol. The highest BCUT2D eigenvalue weighted by Crippen LogP contribution is 2.39. The van der Waals surface area contributed by atoms with Gasteiger partial charge >= 0.3 is 6.01 Å². The lowest BCUT2D eigenvalue weighted by molar-refractivity contribution is -0.131. The summed E-state index contributed by atoms with van der Waals surface area (Å²) in [4.78, 5) is 29.8. The topological polar surface area (TPSA) is 98.5 Å². The van der Waals surface area contributed by atoms with Crippen LogP contribution in [0.5, 0.6) is 6.01 Å². The van der Waals surface area contributed by atoms with Gasteiger partial charge in [-0.2, -0.15) is 15.2 Å². The fraction of sp³-hybridized carbons (Fsp3) is 0.344. The molecule has 2 aromatic carbocycles. The number of halogens is 6. The Morgan fingerprint density at radius 3 is 2.68 bits per heavy atom. The summed E-state index contributed by atoms with van der Waals surface area (Å²) in [6.45, 7) is 2.27. The number of hydrogen-bond donors (Lipinski definition) is 0.